The van der Waals surface area contributed by atoms with Crippen molar-refractivity contribution in [3.05, 3.63) is 38.3 Å². The normalized spacial score (nSPS) is 8.87. The molecule has 0 radical (unpaired) electrons. The lowest BCUT2D eigenvalue weighted by molar-refractivity contribution is 1.47. The molecule has 0 fully saturated rings. The van der Waals surface area contributed by atoms with Crippen LogP contribution >= 0.6 is 34.8 Å². The molecule has 15 heavy (non-hydrogen) atoms. The van der Waals surface area contributed by atoms with Crippen molar-refractivity contribution < 1.29 is 0 Å². The molecule has 0 amide bonds. The third kappa shape index (κ3) is 2.88. The Labute approximate surface area is 102 Å². The number of allylic oxidation sites excluding steroid dienone is 1. The van der Waals surface area contributed by atoms with Crippen LogP contribution < -0.4 is 0 Å². The fourth-order valence-electron chi connectivity index (χ4n) is 0.926. The molecule has 0 aliphatic carbocycles. The summed E-state index contributed by atoms with van der Waals surface area (Å²) in [5.41, 5.74) is 0.391. The largest absolute Gasteiger partial charge is 0.192 e. The molecular weight excluding hydrogens is 254 g/mol. The summed E-state index contributed by atoms with van der Waals surface area (Å²) in [6.07, 6.45) is 1.33. The first-order chi connectivity index (χ1) is 7.08. The molecule has 0 saturated carbocycles. The van der Waals surface area contributed by atoms with Crippen molar-refractivity contribution >= 4 is 40.9 Å². The number of nitrogens with zero attached hydrogens (tertiary/aromatic N) is 2. The number of nitriles is 2. The molecule has 0 aliphatic rings. The van der Waals surface area contributed by atoms with E-state index in [1.54, 1.807) is 12.1 Å². The first-order valence-corrected chi connectivity index (χ1v) is 4.88. The van der Waals surface area contributed by atoms with Crippen molar-refractivity contribution in [2.24, 2.45) is 0 Å². The van der Waals surface area contributed by atoms with Crippen LogP contribution in [0.15, 0.2) is 17.7 Å². The Hall–Kier alpha value is -1.19. The summed E-state index contributed by atoms with van der Waals surface area (Å²) >= 11 is 17.4. The minimum Gasteiger partial charge on any atom is -0.192 e. The lowest BCUT2D eigenvalue weighted by atomic mass is 10.1. The monoisotopic (exact) mass is 256 g/mol. The maximum atomic E-state index is 8.57. The molecule has 1 aromatic rings. The van der Waals surface area contributed by atoms with Crippen molar-refractivity contribution in [3.8, 4) is 12.1 Å². The molecule has 0 heterocycles. The standard InChI is InChI=1S/C10H3Cl3N2/c11-8-2-7(1-6(4-14)5-15)10(13)9(12)3-8/h1-3H. The maximum absolute atomic E-state index is 8.57. The topological polar surface area (TPSA) is 47.6 Å². The van der Waals surface area contributed by atoms with E-state index in [1.807, 2.05) is 0 Å². The van der Waals surface area contributed by atoms with E-state index >= 15 is 0 Å². The SMILES string of the molecule is N#CC(C#N)=Cc1cc(Cl)cc(Cl)c1Cl. The number of benzene rings is 1. The minimum atomic E-state index is -0.0600. The van der Waals surface area contributed by atoms with Crippen molar-refractivity contribution in [3.63, 3.8) is 0 Å². The smallest absolute Gasteiger partial charge is 0.130 e. The van der Waals surface area contributed by atoms with Gasteiger partial charge in [0.15, 0.2) is 0 Å². The van der Waals surface area contributed by atoms with Crippen LogP contribution in [0.1, 0.15) is 5.56 Å². The van der Waals surface area contributed by atoms with E-state index in [1.165, 1.54) is 18.2 Å². The van der Waals surface area contributed by atoms with Crippen LogP contribution in [0, 0.1) is 22.7 Å². The summed E-state index contributed by atoms with van der Waals surface area (Å²) in [5.74, 6) is 0. The van der Waals surface area contributed by atoms with E-state index in [4.69, 9.17) is 45.3 Å². The van der Waals surface area contributed by atoms with Crippen LogP contribution in [0.25, 0.3) is 6.08 Å². The van der Waals surface area contributed by atoms with E-state index in [-0.39, 0.29) is 15.6 Å². The summed E-state index contributed by atoms with van der Waals surface area (Å²) in [6, 6.07) is 6.46. The Morgan fingerprint density at radius 3 is 2.27 bits per heavy atom. The van der Waals surface area contributed by atoms with Crippen molar-refractivity contribution in [2.45, 2.75) is 0 Å². The van der Waals surface area contributed by atoms with Gasteiger partial charge in [0.25, 0.3) is 0 Å². The zero-order chi connectivity index (χ0) is 11.4. The van der Waals surface area contributed by atoms with Crippen LogP contribution in [0.3, 0.4) is 0 Å². The summed E-state index contributed by atoms with van der Waals surface area (Å²) < 4.78 is 0. The third-order valence-corrected chi connectivity index (χ3v) is 2.60. The molecule has 0 aromatic heterocycles. The quantitative estimate of drug-likeness (QED) is 0.562. The second-order valence-corrected chi connectivity index (χ2v) is 3.79. The summed E-state index contributed by atoms with van der Waals surface area (Å²) in [6.45, 7) is 0. The summed E-state index contributed by atoms with van der Waals surface area (Å²) in [4.78, 5) is 0. The first-order valence-electron chi connectivity index (χ1n) is 3.75. The number of rotatable bonds is 1. The molecular formula is C10H3Cl3N2. The Bertz CT molecular complexity index is 491. The predicted octanol–water partition coefficient (Wildman–Crippen LogP) is 4.08. The molecule has 0 atom stereocenters. The third-order valence-electron chi connectivity index (χ3n) is 1.56. The van der Waals surface area contributed by atoms with Gasteiger partial charge in [0, 0.05) is 5.02 Å². The molecule has 74 valence electrons. The molecule has 0 aliphatic heterocycles. The maximum Gasteiger partial charge on any atom is 0.130 e. The van der Waals surface area contributed by atoms with E-state index < -0.39 is 0 Å². The summed E-state index contributed by atoms with van der Waals surface area (Å²) in [5, 5.41) is 18.1. The molecule has 1 rings (SSSR count). The second kappa shape index (κ2) is 5.05. The van der Waals surface area contributed by atoms with Crippen molar-refractivity contribution in [2.75, 3.05) is 0 Å². The van der Waals surface area contributed by atoms with Crippen molar-refractivity contribution in [1.82, 2.24) is 0 Å². The fourth-order valence-corrected chi connectivity index (χ4v) is 1.60. The van der Waals surface area contributed by atoms with Gasteiger partial charge in [0.2, 0.25) is 0 Å². The minimum absolute atomic E-state index is 0.0600. The fraction of sp³-hybridized carbons (Fsp3) is 0. The van der Waals surface area contributed by atoms with Gasteiger partial charge in [0.1, 0.15) is 17.7 Å². The molecule has 0 bridgehead atoms. The molecule has 0 spiro atoms. The highest BCUT2D eigenvalue weighted by atomic mass is 35.5. The number of hydrogen-bond acceptors (Lipinski definition) is 2. The number of halogens is 3. The van der Waals surface area contributed by atoms with Crippen LogP contribution in [0.5, 0.6) is 0 Å². The van der Waals surface area contributed by atoms with Crippen molar-refractivity contribution in [1.29, 1.82) is 10.5 Å². The highest BCUT2D eigenvalue weighted by molar-refractivity contribution is 6.44. The Morgan fingerprint density at radius 1 is 1.13 bits per heavy atom. The van der Waals surface area contributed by atoms with Gasteiger partial charge in [-0.05, 0) is 23.8 Å². The Morgan fingerprint density at radius 2 is 1.73 bits per heavy atom. The first kappa shape index (κ1) is 11.9. The molecule has 0 saturated heterocycles. The van der Waals surface area contributed by atoms with E-state index in [2.05, 4.69) is 0 Å². The second-order valence-electron chi connectivity index (χ2n) is 2.57. The Kier molecular flexibility index (Phi) is 4.00. The van der Waals surface area contributed by atoms with Crippen LogP contribution in [0.2, 0.25) is 15.1 Å². The molecule has 2 nitrogen and oxygen atoms in total. The van der Waals surface area contributed by atoms with E-state index in [0.717, 1.165) is 0 Å². The van der Waals surface area contributed by atoms with Gasteiger partial charge < -0.3 is 0 Å². The van der Waals surface area contributed by atoms with Gasteiger partial charge in [0.05, 0.1) is 10.0 Å². The average molecular weight is 258 g/mol. The highest BCUT2D eigenvalue weighted by Gasteiger charge is 2.06. The van der Waals surface area contributed by atoms with Gasteiger partial charge in [-0.15, -0.1) is 0 Å². The van der Waals surface area contributed by atoms with Crippen LogP contribution in [-0.2, 0) is 0 Å². The van der Waals surface area contributed by atoms with Crippen LogP contribution in [-0.4, -0.2) is 0 Å². The predicted molar refractivity (Wildman–Crippen MR) is 60.7 cm³/mol. The highest BCUT2D eigenvalue weighted by Crippen LogP contribution is 2.31. The van der Waals surface area contributed by atoms with Crippen LogP contribution in [0.4, 0.5) is 0 Å². The molecule has 5 heteroatoms. The van der Waals surface area contributed by atoms with Gasteiger partial charge >= 0.3 is 0 Å². The molecule has 0 unspecified atom stereocenters. The van der Waals surface area contributed by atoms with E-state index in [0.29, 0.717) is 10.6 Å². The van der Waals surface area contributed by atoms with Gasteiger partial charge in [-0.2, -0.15) is 10.5 Å². The zero-order valence-corrected chi connectivity index (χ0v) is 9.53. The lowest BCUT2D eigenvalue weighted by Crippen LogP contribution is -1.80. The van der Waals surface area contributed by atoms with Gasteiger partial charge in [-0.25, -0.2) is 0 Å². The zero-order valence-electron chi connectivity index (χ0n) is 7.26. The lowest BCUT2D eigenvalue weighted by Gasteiger charge is -2.01. The molecule has 1 aromatic carbocycles. The number of hydrogen-bond donors (Lipinski definition) is 0. The van der Waals surface area contributed by atoms with Gasteiger partial charge in [-0.3, -0.25) is 0 Å². The molecule has 0 N–H and O–H groups in total. The average Bonchev–Trinajstić information content (AvgIpc) is 2.21. The van der Waals surface area contributed by atoms with E-state index in [9.17, 15) is 0 Å². The summed E-state index contributed by atoms with van der Waals surface area (Å²) in [7, 11) is 0. The Balaban J connectivity index is 3.35. The van der Waals surface area contributed by atoms with Gasteiger partial charge in [-0.1, -0.05) is 34.8 Å².